The van der Waals surface area contributed by atoms with E-state index in [1.165, 1.54) is 0 Å². The molecule has 0 radical (unpaired) electrons. The SMILES string of the molecule is Nc1nc([N+](=O)[O-])nn1N. The molecule has 1 aromatic heterocycles. The normalized spacial score (nSPS) is 9.60. The van der Waals surface area contributed by atoms with Crippen LogP contribution in [0.3, 0.4) is 0 Å². The largest absolute Gasteiger partial charge is 0.494 e. The lowest BCUT2D eigenvalue weighted by atomic mass is 11.0. The van der Waals surface area contributed by atoms with Gasteiger partial charge in [-0.15, -0.1) is 0 Å². The average molecular weight is 144 g/mol. The Bertz CT molecular complexity index is 245. The maximum atomic E-state index is 9.92. The topological polar surface area (TPSA) is 126 Å². The summed E-state index contributed by atoms with van der Waals surface area (Å²) in [7, 11) is 0. The van der Waals surface area contributed by atoms with Gasteiger partial charge in [-0.2, -0.15) is 0 Å². The molecule has 0 saturated carbocycles. The first-order valence-corrected chi connectivity index (χ1v) is 2.23. The number of anilines is 1. The fourth-order valence-corrected chi connectivity index (χ4v) is 0.401. The summed E-state index contributed by atoms with van der Waals surface area (Å²) in [6.45, 7) is 0. The van der Waals surface area contributed by atoms with Gasteiger partial charge in [0.15, 0.2) is 0 Å². The van der Waals surface area contributed by atoms with E-state index in [0.717, 1.165) is 0 Å². The third kappa shape index (κ3) is 0.811. The number of rotatable bonds is 1. The summed E-state index contributed by atoms with van der Waals surface area (Å²) >= 11 is 0. The number of hydrogen-bond donors (Lipinski definition) is 2. The Hall–Kier alpha value is -1.86. The van der Waals surface area contributed by atoms with Gasteiger partial charge in [-0.25, -0.2) is 0 Å². The maximum absolute atomic E-state index is 9.92. The van der Waals surface area contributed by atoms with Gasteiger partial charge in [0.1, 0.15) is 0 Å². The molecular weight excluding hydrogens is 140 g/mol. The summed E-state index contributed by atoms with van der Waals surface area (Å²) in [4.78, 5) is 13.0. The standard InChI is InChI=1S/C2H4N6O2/c3-1-5-2(8(9)10)6-7(1)4/h4H2,(H2,3,5,6). The van der Waals surface area contributed by atoms with Crippen LogP contribution in [0.15, 0.2) is 0 Å². The molecule has 0 bridgehead atoms. The van der Waals surface area contributed by atoms with E-state index in [1.807, 2.05) is 0 Å². The smallest absolute Gasteiger partial charge is 0.390 e. The molecule has 0 amide bonds. The van der Waals surface area contributed by atoms with Crippen LogP contribution in [0.2, 0.25) is 0 Å². The van der Waals surface area contributed by atoms with Crippen LogP contribution in [0.4, 0.5) is 11.9 Å². The van der Waals surface area contributed by atoms with Crippen LogP contribution in [0, 0.1) is 10.1 Å². The molecule has 0 saturated heterocycles. The Morgan fingerprint density at radius 1 is 1.70 bits per heavy atom. The van der Waals surface area contributed by atoms with Crippen molar-refractivity contribution in [2.24, 2.45) is 0 Å². The van der Waals surface area contributed by atoms with E-state index in [0.29, 0.717) is 4.79 Å². The van der Waals surface area contributed by atoms with E-state index in [-0.39, 0.29) is 5.95 Å². The molecule has 0 aromatic carbocycles. The van der Waals surface area contributed by atoms with Gasteiger partial charge in [0, 0.05) is 0 Å². The number of hydrogen-bond acceptors (Lipinski definition) is 6. The van der Waals surface area contributed by atoms with Gasteiger partial charge in [0.2, 0.25) is 0 Å². The summed E-state index contributed by atoms with van der Waals surface area (Å²) in [6, 6.07) is 0. The monoisotopic (exact) mass is 144 g/mol. The van der Waals surface area contributed by atoms with E-state index in [1.54, 1.807) is 0 Å². The number of nitrogens with two attached hydrogens (primary N) is 2. The molecule has 0 aliphatic carbocycles. The quantitative estimate of drug-likeness (QED) is 0.280. The Morgan fingerprint density at radius 3 is 2.50 bits per heavy atom. The van der Waals surface area contributed by atoms with Crippen molar-refractivity contribution in [1.29, 1.82) is 0 Å². The second-order valence-corrected chi connectivity index (χ2v) is 1.47. The fraction of sp³-hybridized carbons (Fsp3) is 0. The van der Waals surface area contributed by atoms with Gasteiger partial charge >= 0.3 is 11.9 Å². The zero-order chi connectivity index (χ0) is 7.72. The van der Waals surface area contributed by atoms with Crippen molar-refractivity contribution in [3.05, 3.63) is 10.1 Å². The Kier molecular flexibility index (Phi) is 1.14. The van der Waals surface area contributed by atoms with E-state index < -0.39 is 10.9 Å². The van der Waals surface area contributed by atoms with Gasteiger partial charge in [-0.1, -0.05) is 4.79 Å². The van der Waals surface area contributed by atoms with Crippen molar-refractivity contribution < 1.29 is 4.92 Å². The molecule has 8 heteroatoms. The zero-order valence-electron chi connectivity index (χ0n) is 4.76. The molecule has 8 nitrogen and oxygen atoms in total. The minimum Gasteiger partial charge on any atom is -0.390 e. The highest BCUT2D eigenvalue weighted by molar-refractivity contribution is 5.21. The molecule has 0 unspecified atom stereocenters. The Labute approximate surface area is 54.6 Å². The van der Waals surface area contributed by atoms with Crippen LogP contribution in [0.1, 0.15) is 0 Å². The van der Waals surface area contributed by atoms with Crippen LogP contribution in [-0.4, -0.2) is 19.8 Å². The average Bonchev–Trinajstić information content (AvgIpc) is 2.13. The van der Waals surface area contributed by atoms with Crippen LogP contribution in [0.5, 0.6) is 0 Å². The second kappa shape index (κ2) is 1.83. The van der Waals surface area contributed by atoms with Crippen LogP contribution in [-0.2, 0) is 0 Å². The Morgan fingerprint density at radius 2 is 2.30 bits per heavy atom. The van der Waals surface area contributed by atoms with Gasteiger partial charge in [-0.3, -0.25) is 0 Å². The first-order valence-electron chi connectivity index (χ1n) is 2.23. The molecule has 1 aromatic rings. The minimum atomic E-state index is -0.778. The van der Waals surface area contributed by atoms with E-state index in [9.17, 15) is 10.1 Å². The predicted octanol–water partition coefficient (Wildman–Crippen LogP) is -1.52. The van der Waals surface area contributed by atoms with Crippen molar-refractivity contribution >= 4 is 11.9 Å². The third-order valence-electron chi connectivity index (χ3n) is 0.810. The van der Waals surface area contributed by atoms with Crippen molar-refractivity contribution in [1.82, 2.24) is 14.9 Å². The van der Waals surface area contributed by atoms with Crippen molar-refractivity contribution in [2.75, 3.05) is 11.6 Å². The lowest BCUT2D eigenvalue weighted by molar-refractivity contribution is -0.394. The summed E-state index contributed by atoms with van der Waals surface area (Å²) in [5.74, 6) is 4.21. The molecular formula is C2H4N6O2. The fourth-order valence-electron chi connectivity index (χ4n) is 0.401. The maximum Gasteiger partial charge on any atom is 0.494 e. The third-order valence-corrected chi connectivity index (χ3v) is 0.810. The molecule has 0 aliphatic heterocycles. The van der Waals surface area contributed by atoms with Crippen molar-refractivity contribution in [2.45, 2.75) is 0 Å². The zero-order valence-corrected chi connectivity index (χ0v) is 4.76. The van der Waals surface area contributed by atoms with Gasteiger partial charge in [0.25, 0.3) is 0 Å². The molecule has 0 spiro atoms. The lowest BCUT2D eigenvalue weighted by Gasteiger charge is -1.81. The van der Waals surface area contributed by atoms with E-state index in [4.69, 9.17) is 11.6 Å². The second-order valence-electron chi connectivity index (χ2n) is 1.47. The summed E-state index contributed by atoms with van der Waals surface area (Å²) in [6.07, 6.45) is 0. The van der Waals surface area contributed by atoms with Gasteiger partial charge in [0.05, 0.1) is 5.10 Å². The lowest BCUT2D eigenvalue weighted by Crippen LogP contribution is -2.13. The van der Waals surface area contributed by atoms with E-state index in [2.05, 4.69) is 10.1 Å². The molecule has 0 atom stereocenters. The summed E-state index contributed by atoms with van der Waals surface area (Å²) < 4.78 is 0. The number of aromatic nitrogens is 3. The molecule has 54 valence electrons. The molecule has 10 heavy (non-hydrogen) atoms. The van der Waals surface area contributed by atoms with Crippen LogP contribution < -0.4 is 11.6 Å². The molecule has 0 aliphatic rings. The van der Waals surface area contributed by atoms with Crippen LogP contribution >= 0.6 is 0 Å². The molecule has 1 rings (SSSR count). The predicted molar refractivity (Wildman–Crippen MR) is 31.2 cm³/mol. The minimum absolute atomic E-state index is 0.188. The highest BCUT2D eigenvalue weighted by Gasteiger charge is 2.16. The number of nitrogens with zero attached hydrogens (tertiary/aromatic N) is 4. The summed E-state index contributed by atoms with van der Waals surface area (Å²) in [5, 5.41) is 13.1. The van der Waals surface area contributed by atoms with Crippen molar-refractivity contribution in [3.63, 3.8) is 0 Å². The first kappa shape index (κ1) is 6.26. The van der Waals surface area contributed by atoms with Crippen LogP contribution in [0.25, 0.3) is 0 Å². The first-order chi connectivity index (χ1) is 4.61. The summed E-state index contributed by atoms with van der Waals surface area (Å²) in [5.41, 5.74) is 5.04. The highest BCUT2D eigenvalue weighted by atomic mass is 16.6. The van der Waals surface area contributed by atoms with E-state index >= 15 is 0 Å². The van der Waals surface area contributed by atoms with Crippen molar-refractivity contribution in [3.8, 4) is 0 Å². The van der Waals surface area contributed by atoms with Gasteiger partial charge in [-0.05, 0) is 9.91 Å². The molecule has 0 fully saturated rings. The Balaban J connectivity index is 3.10. The number of nitrogen functional groups attached to an aromatic ring is 2. The highest BCUT2D eigenvalue weighted by Crippen LogP contribution is 2.02. The van der Waals surface area contributed by atoms with Gasteiger partial charge < -0.3 is 21.7 Å². The molecule has 1 heterocycles. The number of nitro groups is 1. The molecule has 4 N–H and O–H groups in total.